The minimum atomic E-state index is -0.320. The van der Waals surface area contributed by atoms with Gasteiger partial charge in [0.25, 0.3) is 0 Å². The molecule has 1 amide bonds. The lowest BCUT2D eigenvalue weighted by molar-refractivity contribution is -0.135. The van der Waals surface area contributed by atoms with E-state index in [0.717, 1.165) is 0 Å². The third kappa shape index (κ3) is 4.39. The molecule has 1 aliphatic rings. The van der Waals surface area contributed by atoms with Crippen molar-refractivity contribution < 1.29 is 19.4 Å². The van der Waals surface area contributed by atoms with Gasteiger partial charge in [0.05, 0.1) is 17.3 Å². The third-order valence-electron chi connectivity index (χ3n) is 4.67. The summed E-state index contributed by atoms with van der Waals surface area (Å²) in [5.41, 5.74) is 2.06. The summed E-state index contributed by atoms with van der Waals surface area (Å²) in [6.45, 7) is 4.21. The maximum Gasteiger partial charge on any atom is 0.223 e. The number of pyridine rings is 1. The number of phenolic OH excluding ortho intramolecular Hbond substituents is 1. The van der Waals surface area contributed by atoms with E-state index in [-0.39, 0.29) is 36.4 Å². The second kappa shape index (κ2) is 7.96. The highest BCUT2D eigenvalue weighted by atomic mass is 35.5. The van der Waals surface area contributed by atoms with Crippen molar-refractivity contribution in [2.45, 2.75) is 26.8 Å². The van der Waals surface area contributed by atoms with Gasteiger partial charge in [0.15, 0.2) is 11.5 Å². The van der Waals surface area contributed by atoms with Crippen LogP contribution in [0.4, 0.5) is 0 Å². The number of amides is 1. The number of benzene rings is 1. The lowest BCUT2D eigenvalue weighted by Crippen LogP contribution is -2.34. The Hall–Kier alpha value is -2.60. The number of carbonyl (C=O) groups excluding carboxylic acids is 2. The van der Waals surface area contributed by atoms with Gasteiger partial charge in [0.2, 0.25) is 5.91 Å². The molecule has 1 atom stereocenters. The average molecular weight is 389 g/mol. The Kier molecular flexibility index (Phi) is 5.65. The van der Waals surface area contributed by atoms with Crippen LogP contribution < -0.4 is 4.74 Å². The fraction of sp³-hybridized carbons (Fsp3) is 0.350. The molecule has 0 radical (unpaired) electrons. The van der Waals surface area contributed by atoms with Crippen LogP contribution >= 0.6 is 11.6 Å². The first-order chi connectivity index (χ1) is 12.8. The minimum absolute atomic E-state index is 0.00523. The second-order valence-electron chi connectivity index (χ2n) is 6.72. The summed E-state index contributed by atoms with van der Waals surface area (Å²) in [6, 6.07) is 6.93. The van der Waals surface area contributed by atoms with Gasteiger partial charge in [-0.3, -0.25) is 14.6 Å². The summed E-state index contributed by atoms with van der Waals surface area (Å²) < 4.78 is 5.67. The van der Waals surface area contributed by atoms with E-state index >= 15 is 0 Å². The van der Waals surface area contributed by atoms with Gasteiger partial charge in [0.1, 0.15) is 12.4 Å². The molecule has 142 valence electrons. The van der Waals surface area contributed by atoms with E-state index < -0.39 is 0 Å². The Morgan fingerprint density at radius 1 is 1.37 bits per heavy atom. The number of hydrogen-bond acceptors (Lipinski definition) is 5. The molecule has 6 nitrogen and oxygen atoms in total. The van der Waals surface area contributed by atoms with E-state index in [1.807, 2.05) is 6.07 Å². The van der Waals surface area contributed by atoms with Crippen molar-refractivity contribution in [2.75, 3.05) is 13.2 Å². The molecule has 7 heteroatoms. The first-order valence-corrected chi connectivity index (χ1v) is 9.11. The van der Waals surface area contributed by atoms with E-state index in [1.54, 1.807) is 30.0 Å². The summed E-state index contributed by atoms with van der Waals surface area (Å²) in [5.74, 6) is -0.0559. The van der Waals surface area contributed by atoms with E-state index in [0.29, 0.717) is 40.7 Å². The van der Waals surface area contributed by atoms with Gasteiger partial charge in [-0.2, -0.15) is 0 Å². The molecule has 3 rings (SSSR count). The van der Waals surface area contributed by atoms with Gasteiger partial charge in [0, 0.05) is 36.2 Å². The maximum atomic E-state index is 12.6. The number of Topliss-reactive ketones (excluding diaryl/α,β-unsaturated/α-hetero) is 1. The molecule has 1 aromatic heterocycles. The highest BCUT2D eigenvalue weighted by molar-refractivity contribution is 6.30. The highest BCUT2D eigenvalue weighted by Gasteiger charge is 2.25. The van der Waals surface area contributed by atoms with E-state index in [2.05, 4.69) is 4.98 Å². The summed E-state index contributed by atoms with van der Waals surface area (Å²) >= 11 is 5.88. The van der Waals surface area contributed by atoms with Gasteiger partial charge >= 0.3 is 0 Å². The van der Waals surface area contributed by atoms with Gasteiger partial charge in [-0.15, -0.1) is 0 Å². The molecule has 2 heterocycles. The Labute approximate surface area is 162 Å². The third-order valence-corrected chi connectivity index (χ3v) is 4.89. The van der Waals surface area contributed by atoms with Crippen LogP contribution in [0, 0.1) is 5.92 Å². The molecule has 1 N–H and O–H groups in total. The number of halogens is 1. The van der Waals surface area contributed by atoms with Crippen LogP contribution in [0.5, 0.6) is 11.5 Å². The zero-order chi connectivity index (χ0) is 19.6. The molecule has 1 aromatic carbocycles. The molecule has 1 aliphatic heterocycles. The second-order valence-corrected chi connectivity index (χ2v) is 7.16. The van der Waals surface area contributed by atoms with E-state index in [4.69, 9.17) is 16.3 Å². The number of rotatable bonds is 4. The molecule has 0 aliphatic carbocycles. The first-order valence-electron chi connectivity index (χ1n) is 8.74. The molecule has 0 bridgehead atoms. The number of aromatic nitrogens is 1. The molecule has 0 unspecified atom stereocenters. The monoisotopic (exact) mass is 388 g/mol. The molecule has 0 spiro atoms. The number of hydrogen-bond donors (Lipinski definition) is 1. The highest BCUT2D eigenvalue weighted by Crippen LogP contribution is 2.37. The van der Waals surface area contributed by atoms with Crippen molar-refractivity contribution >= 4 is 23.3 Å². The molecule has 0 fully saturated rings. The minimum Gasteiger partial charge on any atom is -0.504 e. The number of phenols is 1. The Morgan fingerprint density at radius 3 is 2.81 bits per heavy atom. The van der Waals surface area contributed by atoms with E-state index in [1.165, 1.54) is 13.1 Å². The number of fused-ring (bicyclic) bond motifs is 1. The van der Waals surface area contributed by atoms with Crippen LogP contribution in [0.25, 0.3) is 11.3 Å². The molecular weight excluding hydrogens is 368 g/mol. The van der Waals surface area contributed by atoms with Crippen LogP contribution in [0.2, 0.25) is 5.02 Å². The molecule has 0 saturated heterocycles. The Bertz CT molecular complexity index is 867. The summed E-state index contributed by atoms with van der Waals surface area (Å²) in [5, 5.41) is 10.9. The SMILES string of the molecule is CC(=O)[C@@H](C)CC(=O)N1CCOc2c(O)cc(-c3ccc(Cl)cn3)cc2C1. The number of carbonyl (C=O) groups is 2. The molecule has 0 saturated carbocycles. The van der Waals surface area contributed by atoms with Crippen molar-refractivity contribution in [1.29, 1.82) is 0 Å². The van der Waals surface area contributed by atoms with Gasteiger partial charge in [-0.25, -0.2) is 0 Å². The Morgan fingerprint density at radius 2 is 2.15 bits per heavy atom. The van der Waals surface area contributed by atoms with E-state index in [9.17, 15) is 14.7 Å². The lowest BCUT2D eigenvalue weighted by Gasteiger charge is -2.21. The fourth-order valence-electron chi connectivity index (χ4n) is 2.94. The fourth-order valence-corrected chi connectivity index (χ4v) is 3.05. The quantitative estimate of drug-likeness (QED) is 0.867. The molecule has 27 heavy (non-hydrogen) atoms. The molecular formula is C20H21ClN2O4. The smallest absolute Gasteiger partial charge is 0.223 e. The van der Waals surface area contributed by atoms with Crippen LogP contribution in [-0.2, 0) is 16.1 Å². The van der Waals surface area contributed by atoms with Gasteiger partial charge in [-0.05, 0) is 31.2 Å². The summed E-state index contributed by atoms with van der Waals surface area (Å²) in [4.78, 5) is 30.0. The van der Waals surface area contributed by atoms with Crippen molar-refractivity contribution in [3.05, 3.63) is 41.0 Å². The van der Waals surface area contributed by atoms with Crippen molar-refractivity contribution in [3.8, 4) is 22.8 Å². The summed E-state index contributed by atoms with van der Waals surface area (Å²) in [7, 11) is 0. The van der Waals surface area contributed by atoms with Gasteiger partial charge < -0.3 is 14.7 Å². The predicted molar refractivity (Wildman–Crippen MR) is 102 cm³/mol. The van der Waals surface area contributed by atoms with Gasteiger partial charge in [-0.1, -0.05) is 18.5 Å². The number of aromatic hydroxyl groups is 1. The van der Waals surface area contributed by atoms with Crippen LogP contribution in [-0.4, -0.2) is 39.8 Å². The number of ketones is 1. The van der Waals surface area contributed by atoms with Crippen LogP contribution in [0.3, 0.4) is 0 Å². The van der Waals surface area contributed by atoms with Crippen molar-refractivity contribution in [2.24, 2.45) is 5.92 Å². The zero-order valence-electron chi connectivity index (χ0n) is 15.2. The standard InChI is InChI=1S/C20H21ClN2O4/c1-12(13(2)24)7-19(26)23-5-6-27-20-15(11-23)8-14(9-18(20)25)17-4-3-16(21)10-22-17/h3-4,8-10,12,25H,5-7,11H2,1-2H3/t12-/m0/s1. The Balaban J connectivity index is 1.88. The predicted octanol–water partition coefficient (Wildman–Crippen LogP) is 3.44. The van der Waals surface area contributed by atoms with Crippen LogP contribution in [0.15, 0.2) is 30.5 Å². The van der Waals surface area contributed by atoms with Crippen molar-refractivity contribution in [1.82, 2.24) is 9.88 Å². The zero-order valence-corrected chi connectivity index (χ0v) is 16.0. The molecule has 2 aromatic rings. The van der Waals surface area contributed by atoms with Crippen molar-refractivity contribution in [3.63, 3.8) is 0 Å². The topological polar surface area (TPSA) is 79.7 Å². The van der Waals surface area contributed by atoms with Crippen LogP contribution in [0.1, 0.15) is 25.8 Å². The summed E-state index contributed by atoms with van der Waals surface area (Å²) in [6.07, 6.45) is 1.70. The largest absolute Gasteiger partial charge is 0.504 e. The number of nitrogens with zero attached hydrogens (tertiary/aromatic N) is 2. The number of ether oxygens (including phenoxy) is 1. The average Bonchev–Trinajstić information content (AvgIpc) is 2.85. The lowest BCUT2D eigenvalue weighted by atomic mass is 10.0. The maximum absolute atomic E-state index is 12.6. The normalized spacial score (nSPS) is 14.7. The first kappa shape index (κ1) is 19.2.